The lowest BCUT2D eigenvalue weighted by Crippen LogP contribution is -1.98. The topological polar surface area (TPSA) is 71.3 Å². The van der Waals surface area contributed by atoms with Crippen molar-refractivity contribution in [3.63, 3.8) is 0 Å². The summed E-state index contributed by atoms with van der Waals surface area (Å²) >= 11 is 1.75. The molecule has 0 N–H and O–H groups in total. The van der Waals surface area contributed by atoms with Crippen LogP contribution in [0.25, 0.3) is 121 Å². The molecule has 0 fully saturated rings. The van der Waals surface area contributed by atoms with Crippen molar-refractivity contribution in [2.45, 2.75) is 0 Å². The second kappa shape index (κ2) is 12.2. The van der Waals surface area contributed by atoms with Gasteiger partial charge in [0, 0.05) is 100 Å². The Morgan fingerprint density at radius 2 is 0.689 bits per heavy atom. The minimum Gasteiger partial charge on any atom is -0.294 e. The van der Waals surface area contributed by atoms with E-state index in [1.807, 2.05) is 49.1 Å². The zero-order chi connectivity index (χ0) is 39.8. The second-order valence-electron chi connectivity index (χ2n) is 15.6. The minimum absolute atomic E-state index is 0.914. The second-order valence-corrected chi connectivity index (χ2v) is 16.5. The van der Waals surface area contributed by atoms with Crippen LogP contribution < -0.4 is 0 Å². The monoisotopic (exact) mass is 798 g/mol. The number of thiophene rings is 1. The molecule has 5 aromatic carbocycles. The number of para-hydroxylation sites is 2. The van der Waals surface area contributed by atoms with E-state index in [0.717, 1.165) is 105 Å². The van der Waals surface area contributed by atoms with Crippen molar-refractivity contribution in [2.24, 2.45) is 0 Å². The lowest BCUT2D eigenvalue weighted by Gasteiger charge is -2.11. The van der Waals surface area contributed by atoms with Crippen LogP contribution in [0.1, 0.15) is 0 Å². The summed E-state index contributed by atoms with van der Waals surface area (Å²) in [5.74, 6) is 0. The van der Waals surface area contributed by atoms with E-state index in [1.54, 1.807) is 11.3 Å². The van der Waals surface area contributed by atoms with E-state index in [9.17, 15) is 0 Å². The molecule has 61 heavy (non-hydrogen) atoms. The van der Waals surface area contributed by atoms with Crippen molar-refractivity contribution in [1.29, 1.82) is 0 Å². The molecule has 0 atom stereocenters. The van der Waals surface area contributed by atoms with E-state index in [1.165, 1.54) is 15.5 Å². The zero-order valence-electron chi connectivity index (χ0n) is 32.3. The van der Waals surface area contributed by atoms with E-state index in [4.69, 9.17) is 19.9 Å². The minimum atomic E-state index is 0.914. The Morgan fingerprint density at radius 3 is 1.20 bits per heavy atom. The van der Waals surface area contributed by atoms with Gasteiger partial charge in [-0.1, -0.05) is 36.4 Å². The fourth-order valence-electron chi connectivity index (χ4n) is 9.88. The molecular weight excluding hydrogens is 769 g/mol. The number of rotatable bonds is 4. The van der Waals surface area contributed by atoms with Gasteiger partial charge < -0.3 is 0 Å². The maximum absolute atomic E-state index is 5.02. The van der Waals surface area contributed by atoms with Gasteiger partial charge in [-0.3, -0.25) is 18.3 Å². The highest BCUT2D eigenvalue weighted by Gasteiger charge is 2.21. The summed E-state index contributed by atoms with van der Waals surface area (Å²) in [5.41, 5.74) is 12.5. The number of aromatic nitrogens is 8. The molecule has 0 radical (unpaired) electrons. The first-order valence-corrected chi connectivity index (χ1v) is 21.2. The van der Waals surface area contributed by atoms with Crippen LogP contribution in [0.5, 0.6) is 0 Å². The molecule has 0 bridgehead atoms. The highest BCUT2D eigenvalue weighted by Crippen LogP contribution is 2.41. The maximum atomic E-state index is 5.02. The van der Waals surface area contributed by atoms with Crippen molar-refractivity contribution in [3.8, 4) is 22.7 Å². The molecule has 0 aliphatic heterocycles. The summed E-state index contributed by atoms with van der Waals surface area (Å²) in [7, 11) is 0. The molecule has 9 heteroatoms. The van der Waals surface area contributed by atoms with Crippen molar-refractivity contribution < 1.29 is 0 Å². The summed E-state index contributed by atoms with van der Waals surface area (Å²) in [6.07, 6.45) is 7.53. The summed E-state index contributed by atoms with van der Waals surface area (Å²) in [5, 5.41) is 12.5. The molecule has 14 rings (SSSR count). The third-order valence-corrected chi connectivity index (χ3v) is 13.4. The van der Waals surface area contributed by atoms with E-state index in [2.05, 4.69) is 151 Å². The highest BCUT2D eigenvalue weighted by molar-refractivity contribution is 7.17. The van der Waals surface area contributed by atoms with Gasteiger partial charge in [-0.15, -0.1) is 11.3 Å². The number of fused-ring (bicyclic) bond motifs is 13. The van der Waals surface area contributed by atoms with E-state index in [-0.39, 0.29) is 0 Å². The lowest BCUT2D eigenvalue weighted by atomic mass is 10.1. The van der Waals surface area contributed by atoms with Crippen molar-refractivity contribution in [3.05, 3.63) is 182 Å². The van der Waals surface area contributed by atoms with Gasteiger partial charge in [0.05, 0.1) is 27.8 Å². The molecule has 0 saturated heterocycles. The van der Waals surface area contributed by atoms with E-state index < -0.39 is 0 Å². The van der Waals surface area contributed by atoms with Gasteiger partial charge in [0.2, 0.25) is 0 Å². The van der Waals surface area contributed by atoms with E-state index in [0.29, 0.717) is 0 Å². The van der Waals surface area contributed by atoms with Gasteiger partial charge in [-0.05, 0) is 115 Å². The molecule has 14 aromatic rings. The number of nitrogens with zero attached hydrogens (tertiary/aromatic N) is 8. The molecule has 9 heterocycles. The molecule has 8 nitrogen and oxygen atoms in total. The number of pyridine rings is 4. The van der Waals surface area contributed by atoms with Crippen molar-refractivity contribution in [2.75, 3.05) is 0 Å². The Kier molecular flexibility index (Phi) is 6.56. The van der Waals surface area contributed by atoms with E-state index >= 15 is 0 Å². The first-order valence-electron chi connectivity index (χ1n) is 20.3. The fourth-order valence-corrected chi connectivity index (χ4v) is 10.8. The molecule has 284 valence electrons. The van der Waals surface area contributed by atoms with Crippen LogP contribution in [0.4, 0.5) is 0 Å². The highest BCUT2D eigenvalue weighted by atomic mass is 32.1. The fraction of sp³-hybridized carbons (Fsp3) is 0. The van der Waals surface area contributed by atoms with Crippen LogP contribution in [0.2, 0.25) is 0 Å². The number of benzene rings is 5. The Labute approximate surface area is 350 Å². The molecular formula is C52H30N8S. The molecule has 0 saturated carbocycles. The first kappa shape index (κ1) is 32.8. The van der Waals surface area contributed by atoms with Crippen molar-refractivity contribution >= 4 is 109 Å². The largest absolute Gasteiger partial charge is 0.294 e. The number of hydrogen-bond donors (Lipinski definition) is 0. The number of hydrogen-bond acceptors (Lipinski definition) is 5. The van der Waals surface area contributed by atoms with Crippen LogP contribution in [0.15, 0.2) is 182 Å². The zero-order valence-corrected chi connectivity index (χ0v) is 33.1. The lowest BCUT2D eigenvalue weighted by molar-refractivity contribution is 1.12. The maximum Gasteiger partial charge on any atom is 0.145 e. The molecule has 0 amide bonds. The Morgan fingerprint density at radius 1 is 0.311 bits per heavy atom. The first-order chi connectivity index (χ1) is 30.3. The normalized spacial score (nSPS) is 12.3. The summed E-state index contributed by atoms with van der Waals surface area (Å²) < 4.78 is 10.4. The van der Waals surface area contributed by atoms with Gasteiger partial charge >= 0.3 is 0 Å². The van der Waals surface area contributed by atoms with Gasteiger partial charge in [0.1, 0.15) is 22.6 Å². The van der Waals surface area contributed by atoms with Crippen LogP contribution >= 0.6 is 11.3 Å². The molecule has 0 unspecified atom stereocenters. The van der Waals surface area contributed by atoms with Crippen LogP contribution in [-0.4, -0.2) is 38.2 Å². The van der Waals surface area contributed by atoms with Gasteiger partial charge in [0.15, 0.2) is 0 Å². The van der Waals surface area contributed by atoms with Crippen LogP contribution in [0, 0.1) is 0 Å². The average molecular weight is 799 g/mol. The van der Waals surface area contributed by atoms with Crippen LogP contribution in [-0.2, 0) is 0 Å². The van der Waals surface area contributed by atoms with Gasteiger partial charge in [-0.25, -0.2) is 19.9 Å². The predicted octanol–water partition coefficient (Wildman–Crippen LogP) is 12.9. The molecule has 0 aliphatic rings. The SMILES string of the molecule is c1ccc2c(c1)c1cccnc1n2-c1ccc2c(c1)c1cccnc1n2-c1ccc2scc(-n3c4ccc(-n5c6ccccc6c6cccnc65)cc4c4cccnc43)c2c1. The predicted molar refractivity (Wildman–Crippen MR) is 250 cm³/mol. The summed E-state index contributed by atoms with van der Waals surface area (Å²) in [6.45, 7) is 0. The quantitative estimate of drug-likeness (QED) is 0.178. The molecule has 9 aromatic heterocycles. The van der Waals surface area contributed by atoms with Crippen molar-refractivity contribution in [1.82, 2.24) is 38.2 Å². The molecule has 0 aliphatic carbocycles. The Balaban J connectivity index is 0.963. The Hall–Kier alpha value is -8.14. The average Bonchev–Trinajstić information content (AvgIpc) is 4.12. The van der Waals surface area contributed by atoms with Crippen LogP contribution in [0.3, 0.4) is 0 Å². The third-order valence-electron chi connectivity index (χ3n) is 12.4. The third kappa shape index (κ3) is 4.47. The smallest absolute Gasteiger partial charge is 0.145 e. The van der Waals surface area contributed by atoms with Gasteiger partial charge in [-0.2, -0.15) is 0 Å². The Bertz CT molecular complexity index is 4040. The standard InChI is InChI=1S/C52H30N8S/c1-3-15-43-34(9-1)36-11-5-23-53-49(36)57(43)31-17-20-45-40(27-31)38-13-7-25-55-51(38)59(45)33-19-22-48-42(29-33)47(30-61-48)60-46-21-18-32(28-41(46)39-14-8-26-56-52(39)60)58-44-16-4-2-10-35(44)37-12-6-24-54-50(37)58/h1-30H. The summed E-state index contributed by atoms with van der Waals surface area (Å²) in [4.78, 5) is 19.7. The van der Waals surface area contributed by atoms with Gasteiger partial charge in [0.25, 0.3) is 0 Å². The molecule has 0 spiro atoms. The summed E-state index contributed by atoms with van der Waals surface area (Å²) in [6, 6.07) is 54.1.